The van der Waals surface area contributed by atoms with Gasteiger partial charge in [0, 0.05) is 17.4 Å². The quantitative estimate of drug-likeness (QED) is 0.757. The number of anilines is 2. The summed E-state index contributed by atoms with van der Waals surface area (Å²) >= 11 is 0. The lowest BCUT2D eigenvalue weighted by molar-refractivity contribution is -0.119. The molecule has 0 spiro atoms. The second-order valence-corrected chi connectivity index (χ2v) is 5.73. The second kappa shape index (κ2) is 9.43. The van der Waals surface area contributed by atoms with Gasteiger partial charge >= 0.3 is 0 Å². The van der Waals surface area contributed by atoms with Crippen LogP contribution in [0, 0.1) is 0 Å². The van der Waals surface area contributed by atoms with Gasteiger partial charge in [0.1, 0.15) is 11.5 Å². The van der Waals surface area contributed by atoms with Crippen LogP contribution in [0.15, 0.2) is 48.5 Å². The molecule has 0 aliphatic heterocycles. The third kappa shape index (κ3) is 6.10. The molecule has 0 fully saturated rings. The van der Waals surface area contributed by atoms with Crippen LogP contribution in [0.25, 0.3) is 0 Å². The normalized spacial score (nSPS) is 10.3. The van der Waals surface area contributed by atoms with E-state index < -0.39 is 0 Å². The third-order valence-corrected chi connectivity index (χ3v) is 3.55. The van der Waals surface area contributed by atoms with E-state index in [1.807, 2.05) is 0 Å². The summed E-state index contributed by atoms with van der Waals surface area (Å²) in [4.78, 5) is 25.8. The number of carbonyl (C=O) groups excluding carboxylic acids is 2. The molecule has 0 radical (unpaired) electrons. The van der Waals surface area contributed by atoms with Crippen molar-refractivity contribution in [2.24, 2.45) is 0 Å². The maximum Gasteiger partial charge on any atom is 0.238 e. The summed E-state index contributed by atoms with van der Waals surface area (Å²) in [7, 11) is 4.86. The van der Waals surface area contributed by atoms with Crippen molar-refractivity contribution < 1.29 is 19.1 Å². The summed E-state index contributed by atoms with van der Waals surface area (Å²) in [6, 6.07) is 14.1. The fraction of sp³-hybridized carbons (Fsp3) is 0.263. The third-order valence-electron chi connectivity index (χ3n) is 3.55. The molecule has 0 unspecified atom stereocenters. The van der Waals surface area contributed by atoms with Gasteiger partial charge < -0.3 is 20.1 Å². The van der Waals surface area contributed by atoms with E-state index in [0.29, 0.717) is 22.9 Å². The molecule has 0 bridgehead atoms. The molecule has 2 aromatic carbocycles. The van der Waals surface area contributed by atoms with Crippen LogP contribution < -0.4 is 20.1 Å². The molecule has 2 rings (SSSR count). The Morgan fingerprint density at radius 2 is 1.42 bits per heavy atom. The lowest BCUT2D eigenvalue weighted by Crippen LogP contribution is -2.36. The fourth-order valence-corrected chi connectivity index (χ4v) is 2.32. The molecule has 2 amide bonds. The number of methoxy groups -OCH3 is 2. The Morgan fingerprint density at radius 3 is 2.00 bits per heavy atom. The number of nitrogens with one attached hydrogen (secondary N) is 2. The van der Waals surface area contributed by atoms with E-state index in [9.17, 15) is 9.59 Å². The number of ether oxygens (including phenoxy) is 2. The van der Waals surface area contributed by atoms with Gasteiger partial charge in [0.25, 0.3) is 0 Å². The van der Waals surface area contributed by atoms with Crippen molar-refractivity contribution >= 4 is 23.2 Å². The highest BCUT2D eigenvalue weighted by Gasteiger charge is 2.11. The van der Waals surface area contributed by atoms with Gasteiger partial charge in [-0.15, -0.1) is 0 Å². The first kappa shape index (κ1) is 19.3. The molecule has 0 aliphatic rings. The lowest BCUT2D eigenvalue weighted by Gasteiger charge is -2.16. The highest BCUT2D eigenvalue weighted by molar-refractivity contribution is 5.94. The molecule has 7 heteroatoms. The molecule has 0 heterocycles. The number of likely N-dealkylation sites (N-methyl/N-ethyl adjacent to an activating group) is 1. The number of hydrogen-bond donors (Lipinski definition) is 2. The molecule has 0 saturated carbocycles. The number of benzene rings is 2. The number of carbonyl (C=O) groups is 2. The minimum absolute atomic E-state index is 0.0905. The smallest absolute Gasteiger partial charge is 0.238 e. The first-order valence-electron chi connectivity index (χ1n) is 8.06. The van der Waals surface area contributed by atoms with Crippen molar-refractivity contribution in [2.75, 3.05) is 45.0 Å². The van der Waals surface area contributed by atoms with Gasteiger partial charge in [0.05, 0.1) is 27.3 Å². The standard InChI is InChI=1S/C19H23N3O4/c1-22(12-18(23)20-14-7-9-16(25-2)10-8-14)13-19(24)21-15-5-4-6-17(11-15)26-3/h4-11H,12-13H2,1-3H3,(H,20,23)(H,21,24). The van der Waals surface area contributed by atoms with Crippen molar-refractivity contribution in [1.82, 2.24) is 4.90 Å². The van der Waals surface area contributed by atoms with Gasteiger partial charge in [-0.3, -0.25) is 14.5 Å². The topological polar surface area (TPSA) is 79.9 Å². The van der Waals surface area contributed by atoms with Crippen molar-refractivity contribution in [2.45, 2.75) is 0 Å². The first-order chi connectivity index (χ1) is 12.5. The molecule has 0 atom stereocenters. The Bertz CT molecular complexity index is 747. The predicted molar refractivity (Wildman–Crippen MR) is 101 cm³/mol. The molecule has 7 nitrogen and oxygen atoms in total. The molecule has 0 aliphatic carbocycles. The maximum atomic E-state index is 12.1. The van der Waals surface area contributed by atoms with E-state index in [4.69, 9.17) is 9.47 Å². The zero-order chi connectivity index (χ0) is 18.9. The van der Waals surface area contributed by atoms with Crippen LogP contribution in [0.1, 0.15) is 0 Å². The molecular weight excluding hydrogens is 334 g/mol. The summed E-state index contributed by atoms with van der Waals surface area (Å²) in [5.74, 6) is 0.967. The summed E-state index contributed by atoms with van der Waals surface area (Å²) in [6.45, 7) is 0.185. The molecule has 0 aromatic heterocycles. The molecule has 0 saturated heterocycles. The number of amides is 2. The molecule has 2 aromatic rings. The summed E-state index contributed by atoms with van der Waals surface area (Å²) in [5, 5.41) is 5.55. The Kier molecular flexibility index (Phi) is 6.99. The Labute approximate surface area is 152 Å². The lowest BCUT2D eigenvalue weighted by atomic mass is 10.3. The Hall–Kier alpha value is -3.06. The minimum atomic E-state index is -0.210. The van der Waals surface area contributed by atoms with Crippen LogP contribution in [0.3, 0.4) is 0 Å². The van der Waals surface area contributed by atoms with Crippen molar-refractivity contribution in [1.29, 1.82) is 0 Å². The van der Waals surface area contributed by atoms with Crippen molar-refractivity contribution in [3.63, 3.8) is 0 Å². The number of nitrogens with zero attached hydrogens (tertiary/aromatic N) is 1. The minimum Gasteiger partial charge on any atom is -0.497 e. The average molecular weight is 357 g/mol. The van der Waals surface area contributed by atoms with E-state index in [-0.39, 0.29) is 24.9 Å². The monoisotopic (exact) mass is 357 g/mol. The van der Waals surface area contributed by atoms with Crippen LogP contribution in [0.2, 0.25) is 0 Å². The highest BCUT2D eigenvalue weighted by atomic mass is 16.5. The fourth-order valence-electron chi connectivity index (χ4n) is 2.32. The first-order valence-corrected chi connectivity index (χ1v) is 8.06. The number of rotatable bonds is 8. The molecule has 138 valence electrons. The summed E-state index contributed by atoms with van der Waals surface area (Å²) in [5.41, 5.74) is 1.32. The number of hydrogen-bond acceptors (Lipinski definition) is 5. The zero-order valence-electron chi connectivity index (χ0n) is 15.1. The van der Waals surface area contributed by atoms with Gasteiger partial charge in [-0.2, -0.15) is 0 Å². The van der Waals surface area contributed by atoms with Crippen molar-refractivity contribution in [3.8, 4) is 11.5 Å². The second-order valence-electron chi connectivity index (χ2n) is 5.73. The van der Waals surface area contributed by atoms with E-state index >= 15 is 0 Å². The highest BCUT2D eigenvalue weighted by Crippen LogP contribution is 2.17. The van der Waals surface area contributed by atoms with Gasteiger partial charge in [-0.05, 0) is 43.4 Å². The summed E-state index contributed by atoms with van der Waals surface area (Å²) < 4.78 is 10.2. The summed E-state index contributed by atoms with van der Waals surface area (Å²) in [6.07, 6.45) is 0. The van der Waals surface area contributed by atoms with Crippen molar-refractivity contribution in [3.05, 3.63) is 48.5 Å². The zero-order valence-corrected chi connectivity index (χ0v) is 15.1. The average Bonchev–Trinajstić information content (AvgIpc) is 2.62. The van der Waals surface area contributed by atoms with Gasteiger partial charge in [0.2, 0.25) is 11.8 Å². The molecule has 2 N–H and O–H groups in total. The Morgan fingerprint density at radius 1 is 0.846 bits per heavy atom. The van der Waals surface area contributed by atoms with Crippen LogP contribution in [-0.2, 0) is 9.59 Å². The van der Waals surface area contributed by atoms with Crippen LogP contribution in [-0.4, -0.2) is 51.1 Å². The van der Waals surface area contributed by atoms with E-state index in [1.54, 1.807) is 74.7 Å². The van der Waals surface area contributed by atoms with Gasteiger partial charge in [0.15, 0.2) is 0 Å². The van der Waals surface area contributed by atoms with Gasteiger partial charge in [-0.25, -0.2) is 0 Å². The van der Waals surface area contributed by atoms with Gasteiger partial charge in [-0.1, -0.05) is 6.07 Å². The molecular formula is C19H23N3O4. The van der Waals surface area contributed by atoms with E-state index in [2.05, 4.69) is 10.6 Å². The van der Waals surface area contributed by atoms with Crippen LogP contribution >= 0.6 is 0 Å². The largest absolute Gasteiger partial charge is 0.497 e. The van der Waals surface area contributed by atoms with Crippen LogP contribution in [0.5, 0.6) is 11.5 Å². The van der Waals surface area contributed by atoms with Crippen LogP contribution in [0.4, 0.5) is 11.4 Å². The van der Waals surface area contributed by atoms with E-state index in [1.165, 1.54) is 0 Å². The predicted octanol–water partition coefficient (Wildman–Crippen LogP) is 2.21. The SMILES string of the molecule is COc1ccc(NC(=O)CN(C)CC(=O)Nc2cccc(OC)c2)cc1. The maximum absolute atomic E-state index is 12.1. The van der Waals surface area contributed by atoms with E-state index in [0.717, 1.165) is 0 Å². The Balaban J connectivity index is 1.79. The molecule has 26 heavy (non-hydrogen) atoms.